The van der Waals surface area contributed by atoms with Crippen LogP contribution in [0.25, 0.3) is 5.69 Å². The molecular weight excluding hydrogens is 529 g/mol. The summed E-state index contributed by atoms with van der Waals surface area (Å²) in [6.07, 6.45) is 0.447. The molecule has 11 heteroatoms. The van der Waals surface area contributed by atoms with Crippen molar-refractivity contribution in [3.8, 4) is 11.4 Å². The predicted octanol–water partition coefficient (Wildman–Crippen LogP) is 5.12. The lowest BCUT2D eigenvalue weighted by Gasteiger charge is -2.23. The Balaban J connectivity index is 1.74. The molecule has 1 heterocycles. The molecule has 0 saturated carbocycles. The number of para-hydroxylation sites is 1. The Kier molecular flexibility index (Phi) is 10.1. The first-order chi connectivity index (χ1) is 18.5. The molecule has 2 aromatic carbocycles. The number of halogens is 2. The Morgan fingerprint density at radius 2 is 1.79 bits per heavy atom. The number of carbonyl (C=O) groups excluding carboxylic acids is 2. The zero-order valence-electron chi connectivity index (χ0n) is 22.7. The number of ketones is 1. The van der Waals surface area contributed by atoms with E-state index in [1.54, 1.807) is 23.9 Å². The number of aromatic nitrogens is 2. The number of amides is 1. The number of nitrogens with zero attached hydrogens (tertiary/aromatic N) is 2. The van der Waals surface area contributed by atoms with Gasteiger partial charge in [0.2, 0.25) is 5.91 Å². The molecular formula is C28H33ClFN3O6. The molecule has 0 bridgehead atoms. The maximum atomic E-state index is 13.9. The van der Waals surface area contributed by atoms with Gasteiger partial charge in [0.1, 0.15) is 17.3 Å². The van der Waals surface area contributed by atoms with Gasteiger partial charge in [0.25, 0.3) is 5.56 Å². The number of ether oxygens (including phenoxy) is 3. The summed E-state index contributed by atoms with van der Waals surface area (Å²) >= 11 is 5.89. The van der Waals surface area contributed by atoms with E-state index in [9.17, 15) is 18.8 Å². The van der Waals surface area contributed by atoms with Crippen LogP contribution >= 0.6 is 11.6 Å². The molecule has 0 aliphatic rings. The van der Waals surface area contributed by atoms with E-state index in [0.29, 0.717) is 17.8 Å². The van der Waals surface area contributed by atoms with Crippen LogP contribution in [0.3, 0.4) is 0 Å². The molecule has 0 aliphatic heterocycles. The van der Waals surface area contributed by atoms with E-state index in [-0.39, 0.29) is 65.5 Å². The number of benzene rings is 2. The number of methoxy groups -OCH3 is 2. The fourth-order valence-corrected chi connectivity index (χ4v) is 4.38. The van der Waals surface area contributed by atoms with Gasteiger partial charge in [-0.3, -0.25) is 19.1 Å². The molecule has 1 N–H and O–H groups in total. The Hall–Kier alpha value is -3.47. The van der Waals surface area contributed by atoms with Crippen LogP contribution in [0.1, 0.15) is 49.2 Å². The average Bonchev–Trinajstić information content (AvgIpc) is 3.12. The summed E-state index contributed by atoms with van der Waals surface area (Å²) in [6, 6.07) is 11.4. The summed E-state index contributed by atoms with van der Waals surface area (Å²) in [6.45, 7) is 3.66. The van der Waals surface area contributed by atoms with Crippen molar-refractivity contribution in [2.45, 2.75) is 39.7 Å². The molecule has 3 rings (SSSR count). The highest BCUT2D eigenvalue weighted by Crippen LogP contribution is 2.32. The topological polar surface area (TPSA) is 101 Å². The first-order valence-corrected chi connectivity index (χ1v) is 12.7. The summed E-state index contributed by atoms with van der Waals surface area (Å²) in [5.41, 5.74) is 0.454. The van der Waals surface area contributed by atoms with E-state index in [0.717, 1.165) is 6.07 Å². The fourth-order valence-electron chi connectivity index (χ4n) is 4.22. The van der Waals surface area contributed by atoms with Crippen LogP contribution in [0.2, 0.25) is 5.02 Å². The van der Waals surface area contributed by atoms with Crippen molar-refractivity contribution in [3.05, 3.63) is 74.9 Å². The summed E-state index contributed by atoms with van der Waals surface area (Å²) in [7, 11) is 4.64. The van der Waals surface area contributed by atoms with Crippen LogP contribution in [0, 0.1) is 11.2 Å². The number of carbonyl (C=O) groups is 2. The highest BCUT2D eigenvalue weighted by atomic mass is 35.5. The quantitative estimate of drug-likeness (QED) is 0.230. The molecule has 9 nitrogen and oxygen atoms in total. The van der Waals surface area contributed by atoms with Crippen LogP contribution in [0.5, 0.6) is 5.75 Å². The SMILES string of the molecule is COCOc1cc(F)c(Cl)cc1C(=O)CCC(C)(C)CC(=O)Nc1c(COC)n(C)n(-c2ccccc2)c1=O. The van der Waals surface area contributed by atoms with Crippen molar-refractivity contribution in [2.75, 3.05) is 26.3 Å². The van der Waals surface area contributed by atoms with Crippen molar-refractivity contribution < 1.29 is 28.2 Å². The van der Waals surface area contributed by atoms with E-state index in [1.807, 2.05) is 32.0 Å². The van der Waals surface area contributed by atoms with Crippen molar-refractivity contribution in [3.63, 3.8) is 0 Å². The summed E-state index contributed by atoms with van der Waals surface area (Å²) in [5.74, 6) is -1.37. The number of anilines is 1. The van der Waals surface area contributed by atoms with Gasteiger partial charge in [0, 0.05) is 40.2 Å². The molecule has 0 spiro atoms. The van der Waals surface area contributed by atoms with Crippen molar-refractivity contribution in [2.24, 2.45) is 12.5 Å². The van der Waals surface area contributed by atoms with Crippen LogP contribution in [-0.2, 0) is 27.9 Å². The van der Waals surface area contributed by atoms with E-state index >= 15 is 0 Å². The van der Waals surface area contributed by atoms with E-state index in [1.165, 1.54) is 25.0 Å². The van der Waals surface area contributed by atoms with E-state index < -0.39 is 11.2 Å². The minimum atomic E-state index is -0.712. The van der Waals surface area contributed by atoms with Crippen LogP contribution in [-0.4, -0.2) is 42.1 Å². The molecule has 0 saturated heterocycles. The molecule has 39 heavy (non-hydrogen) atoms. The molecule has 1 aromatic heterocycles. The first-order valence-electron chi connectivity index (χ1n) is 12.3. The van der Waals surface area contributed by atoms with Crippen molar-refractivity contribution >= 4 is 29.0 Å². The highest BCUT2D eigenvalue weighted by molar-refractivity contribution is 6.31. The number of hydrogen-bond acceptors (Lipinski definition) is 6. The molecule has 0 aliphatic carbocycles. The summed E-state index contributed by atoms with van der Waals surface area (Å²) in [5, 5.41) is 2.57. The van der Waals surface area contributed by atoms with Gasteiger partial charge in [-0.2, -0.15) is 0 Å². The third-order valence-corrected chi connectivity index (χ3v) is 6.54. The Bertz CT molecular complexity index is 1380. The molecule has 0 atom stereocenters. The lowest BCUT2D eigenvalue weighted by molar-refractivity contribution is -0.118. The summed E-state index contributed by atoms with van der Waals surface area (Å²) in [4.78, 5) is 39.4. The van der Waals surface area contributed by atoms with Gasteiger partial charge in [-0.25, -0.2) is 9.07 Å². The third-order valence-electron chi connectivity index (χ3n) is 6.25. The molecule has 210 valence electrons. The third kappa shape index (κ3) is 7.35. The molecule has 0 radical (unpaired) electrons. The predicted molar refractivity (Wildman–Crippen MR) is 146 cm³/mol. The average molecular weight is 562 g/mol. The van der Waals surface area contributed by atoms with Gasteiger partial charge in [0.15, 0.2) is 12.6 Å². The molecule has 0 fully saturated rings. The van der Waals surface area contributed by atoms with E-state index in [2.05, 4.69) is 5.32 Å². The Labute approximate surface area is 231 Å². The second-order valence-corrected chi connectivity index (χ2v) is 10.3. The van der Waals surface area contributed by atoms with Gasteiger partial charge in [0.05, 0.1) is 28.6 Å². The molecule has 3 aromatic rings. The number of hydrogen-bond donors (Lipinski definition) is 1. The normalized spacial score (nSPS) is 11.5. The van der Waals surface area contributed by atoms with Crippen LogP contribution < -0.4 is 15.6 Å². The summed E-state index contributed by atoms with van der Waals surface area (Å²) < 4.78 is 32.5. The van der Waals surface area contributed by atoms with Gasteiger partial charge < -0.3 is 19.5 Å². The Morgan fingerprint density at radius 1 is 1.10 bits per heavy atom. The molecule has 1 amide bonds. The first kappa shape index (κ1) is 30.1. The van der Waals surface area contributed by atoms with Gasteiger partial charge in [-0.05, 0) is 30.0 Å². The van der Waals surface area contributed by atoms with Gasteiger partial charge in [-0.1, -0.05) is 43.6 Å². The zero-order chi connectivity index (χ0) is 28.7. The van der Waals surface area contributed by atoms with Crippen LogP contribution in [0.4, 0.5) is 10.1 Å². The van der Waals surface area contributed by atoms with E-state index in [4.69, 9.17) is 25.8 Å². The number of rotatable bonds is 13. The van der Waals surface area contributed by atoms with Gasteiger partial charge in [-0.15, -0.1) is 0 Å². The van der Waals surface area contributed by atoms with Gasteiger partial charge >= 0.3 is 0 Å². The van der Waals surface area contributed by atoms with Crippen molar-refractivity contribution in [1.29, 1.82) is 0 Å². The highest BCUT2D eigenvalue weighted by Gasteiger charge is 2.27. The zero-order valence-corrected chi connectivity index (χ0v) is 23.4. The largest absolute Gasteiger partial charge is 0.467 e. The monoisotopic (exact) mass is 561 g/mol. The lowest BCUT2D eigenvalue weighted by atomic mass is 9.82. The molecule has 0 unspecified atom stereocenters. The smallest absolute Gasteiger partial charge is 0.295 e. The minimum absolute atomic E-state index is 0.0312. The van der Waals surface area contributed by atoms with Crippen molar-refractivity contribution in [1.82, 2.24) is 9.36 Å². The second-order valence-electron chi connectivity index (χ2n) is 9.86. The number of nitrogens with one attached hydrogen (secondary N) is 1. The lowest BCUT2D eigenvalue weighted by Crippen LogP contribution is -2.26. The van der Waals surface area contributed by atoms with Crippen LogP contribution in [0.15, 0.2) is 47.3 Å². The minimum Gasteiger partial charge on any atom is -0.467 e. The second kappa shape index (κ2) is 13.1. The Morgan fingerprint density at radius 3 is 2.44 bits per heavy atom. The fraction of sp³-hybridized carbons (Fsp3) is 0.393. The standard InChI is InChI=1S/C28H33ClFN3O6/c1-28(2,12-11-23(34)19-13-20(29)21(30)14-24(19)39-17-38-5)15-25(35)31-26-22(16-37-4)32(3)33(27(26)36)18-9-7-6-8-10-18/h6-10,13-14H,11-12,15-17H2,1-5H3,(H,31,35). The maximum Gasteiger partial charge on any atom is 0.295 e. The maximum absolute atomic E-state index is 13.9. The number of Topliss-reactive ketones (excluding diaryl/α,β-unsaturated/α-hetero) is 1.